The molecule has 1 aliphatic heterocycles. The molecule has 0 atom stereocenters. The van der Waals surface area contributed by atoms with E-state index in [0.717, 1.165) is 28.3 Å². The summed E-state index contributed by atoms with van der Waals surface area (Å²) < 4.78 is 12.9. The molecule has 0 saturated carbocycles. The minimum Gasteiger partial charge on any atom is -0.486 e. The fraction of sp³-hybridized carbons (Fsp3) is 0.308. The largest absolute Gasteiger partial charge is 0.486 e. The normalized spacial score (nSPS) is 13.7. The first-order chi connectivity index (χ1) is 8.65. The van der Waals surface area contributed by atoms with Gasteiger partial charge in [0.15, 0.2) is 17.4 Å². The van der Waals surface area contributed by atoms with Crippen molar-refractivity contribution in [3.63, 3.8) is 0 Å². The molecule has 18 heavy (non-hydrogen) atoms. The summed E-state index contributed by atoms with van der Waals surface area (Å²) in [5, 5.41) is 0. The zero-order valence-electron chi connectivity index (χ0n) is 10.4. The molecule has 2 aromatic rings. The molecule has 5 nitrogen and oxygen atoms in total. The quantitative estimate of drug-likeness (QED) is 0.831. The van der Waals surface area contributed by atoms with Crippen molar-refractivity contribution in [3.8, 4) is 22.8 Å². The van der Waals surface area contributed by atoms with Crippen LogP contribution in [-0.4, -0.2) is 22.8 Å². The highest BCUT2D eigenvalue weighted by Crippen LogP contribution is 2.36. The van der Waals surface area contributed by atoms with Gasteiger partial charge in [0.05, 0.1) is 5.69 Å². The summed E-state index contributed by atoms with van der Waals surface area (Å²) in [5.74, 6) is 2.07. The monoisotopic (exact) mass is 245 g/mol. The lowest BCUT2D eigenvalue weighted by Crippen LogP contribution is -2.15. The Morgan fingerprint density at radius 2 is 1.89 bits per heavy atom. The number of ether oxygens (including phenoxy) is 2. The van der Waals surface area contributed by atoms with Gasteiger partial charge in [0, 0.05) is 18.8 Å². The van der Waals surface area contributed by atoms with Crippen molar-refractivity contribution in [2.75, 3.05) is 18.9 Å². The van der Waals surface area contributed by atoms with Crippen LogP contribution in [-0.2, 0) is 7.05 Å². The summed E-state index contributed by atoms with van der Waals surface area (Å²) in [6, 6.07) is 3.94. The Hall–Kier alpha value is -2.17. The molecule has 94 valence electrons. The molecular formula is C13H15N3O2. The highest BCUT2D eigenvalue weighted by atomic mass is 16.6. The number of rotatable bonds is 1. The number of imidazole rings is 1. The lowest BCUT2D eigenvalue weighted by molar-refractivity contribution is 0.171. The summed E-state index contributed by atoms with van der Waals surface area (Å²) in [6.45, 7) is 3.21. The number of benzene rings is 1. The number of aryl methyl sites for hydroxylation is 2. The predicted octanol–water partition coefficient (Wildman–Crippen LogP) is 1.75. The molecule has 1 aromatic heterocycles. The number of nitrogens with zero attached hydrogens (tertiary/aromatic N) is 2. The maximum Gasteiger partial charge on any atom is 0.200 e. The smallest absolute Gasteiger partial charge is 0.200 e. The van der Waals surface area contributed by atoms with E-state index >= 15 is 0 Å². The minimum absolute atomic E-state index is 0.499. The molecule has 0 radical (unpaired) electrons. The van der Waals surface area contributed by atoms with Gasteiger partial charge in [-0.2, -0.15) is 0 Å². The number of nitrogens with two attached hydrogens (primary N) is 1. The Kier molecular flexibility index (Phi) is 2.40. The number of hydrogen-bond donors (Lipinski definition) is 1. The van der Waals surface area contributed by atoms with Crippen molar-refractivity contribution < 1.29 is 9.47 Å². The van der Waals surface area contributed by atoms with Gasteiger partial charge in [0.25, 0.3) is 0 Å². The van der Waals surface area contributed by atoms with Crippen LogP contribution in [0, 0.1) is 6.92 Å². The first-order valence-electron chi connectivity index (χ1n) is 5.84. The van der Waals surface area contributed by atoms with Crippen LogP contribution in [0.25, 0.3) is 11.3 Å². The molecule has 0 unspecified atom stereocenters. The van der Waals surface area contributed by atoms with Gasteiger partial charge in [0.1, 0.15) is 13.2 Å². The van der Waals surface area contributed by atoms with Crippen molar-refractivity contribution >= 4 is 5.95 Å². The topological polar surface area (TPSA) is 62.3 Å². The van der Waals surface area contributed by atoms with E-state index in [4.69, 9.17) is 15.2 Å². The van der Waals surface area contributed by atoms with Crippen LogP contribution in [0.15, 0.2) is 18.3 Å². The van der Waals surface area contributed by atoms with E-state index in [1.165, 1.54) is 0 Å². The van der Waals surface area contributed by atoms with Gasteiger partial charge in [-0.1, -0.05) is 0 Å². The summed E-state index contributed by atoms with van der Waals surface area (Å²) >= 11 is 0. The molecule has 5 heteroatoms. The maximum atomic E-state index is 5.76. The van der Waals surface area contributed by atoms with Crippen LogP contribution < -0.4 is 15.2 Å². The van der Waals surface area contributed by atoms with Crippen molar-refractivity contribution in [1.29, 1.82) is 0 Å². The molecule has 1 aliphatic rings. The Bertz CT molecular complexity index is 585. The van der Waals surface area contributed by atoms with Gasteiger partial charge in [-0.15, -0.1) is 0 Å². The lowest BCUT2D eigenvalue weighted by Gasteiger charge is -2.19. The molecule has 0 amide bonds. The van der Waals surface area contributed by atoms with Crippen LogP contribution in [0.3, 0.4) is 0 Å². The molecule has 2 heterocycles. The van der Waals surface area contributed by atoms with Crippen LogP contribution in [0.5, 0.6) is 11.5 Å². The molecular weight excluding hydrogens is 230 g/mol. The lowest BCUT2D eigenvalue weighted by atomic mass is 10.1. The first kappa shape index (κ1) is 11.0. The third-order valence-corrected chi connectivity index (χ3v) is 3.08. The van der Waals surface area contributed by atoms with Gasteiger partial charge < -0.3 is 19.8 Å². The van der Waals surface area contributed by atoms with Gasteiger partial charge in [-0.05, 0) is 24.6 Å². The third-order valence-electron chi connectivity index (χ3n) is 3.08. The number of aromatic nitrogens is 2. The van der Waals surface area contributed by atoms with Gasteiger partial charge in [-0.3, -0.25) is 0 Å². The highest BCUT2D eigenvalue weighted by Gasteiger charge is 2.16. The second-order valence-electron chi connectivity index (χ2n) is 4.41. The predicted molar refractivity (Wildman–Crippen MR) is 68.8 cm³/mol. The highest BCUT2D eigenvalue weighted by molar-refractivity contribution is 5.69. The summed E-state index contributed by atoms with van der Waals surface area (Å²) in [5.41, 5.74) is 8.73. The Morgan fingerprint density at radius 3 is 2.50 bits per heavy atom. The summed E-state index contributed by atoms with van der Waals surface area (Å²) in [4.78, 5) is 4.33. The van der Waals surface area contributed by atoms with Crippen LogP contribution >= 0.6 is 0 Å². The third kappa shape index (κ3) is 1.68. The van der Waals surface area contributed by atoms with Crippen molar-refractivity contribution in [1.82, 2.24) is 9.55 Å². The molecule has 0 fully saturated rings. The average molecular weight is 245 g/mol. The van der Waals surface area contributed by atoms with Crippen molar-refractivity contribution in [2.45, 2.75) is 6.92 Å². The van der Waals surface area contributed by atoms with E-state index < -0.39 is 0 Å². The molecule has 2 N–H and O–H groups in total. The van der Waals surface area contributed by atoms with Crippen molar-refractivity contribution in [3.05, 3.63) is 23.9 Å². The summed E-state index contributed by atoms with van der Waals surface area (Å²) in [7, 11) is 1.87. The standard InChI is InChI=1S/C13H15N3O2/c1-8-5-11-12(18-4-3-17-11)6-9(8)10-7-16(2)13(14)15-10/h5-7H,3-4H2,1-2H3,(H2,14,15). The zero-order chi connectivity index (χ0) is 12.7. The molecule has 0 bridgehead atoms. The molecule has 0 spiro atoms. The van der Waals surface area contributed by atoms with E-state index in [9.17, 15) is 0 Å². The van der Waals surface area contributed by atoms with Crippen LogP contribution in [0.2, 0.25) is 0 Å². The van der Waals surface area contributed by atoms with Gasteiger partial charge in [-0.25, -0.2) is 4.98 Å². The fourth-order valence-electron chi connectivity index (χ4n) is 2.08. The van der Waals surface area contributed by atoms with Crippen LogP contribution in [0.1, 0.15) is 5.56 Å². The number of hydrogen-bond acceptors (Lipinski definition) is 4. The van der Waals surface area contributed by atoms with E-state index in [2.05, 4.69) is 4.98 Å². The number of fused-ring (bicyclic) bond motifs is 1. The SMILES string of the molecule is Cc1cc2c(cc1-c1cn(C)c(N)n1)OCCO2. The fourth-order valence-corrected chi connectivity index (χ4v) is 2.08. The van der Waals surface area contributed by atoms with Crippen LogP contribution in [0.4, 0.5) is 5.95 Å². The molecule has 0 aliphatic carbocycles. The first-order valence-corrected chi connectivity index (χ1v) is 5.84. The second kappa shape index (κ2) is 3.94. The van der Waals surface area contributed by atoms with Gasteiger partial charge >= 0.3 is 0 Å². The Balaban J connectivity index is 2.11. The van der Waals surface area contributed by atoms with Crippen molar-refractivity contribution in [2.24, 2.45) is 7.05 Å². The number of nitrogen functional groups attached to an aromatic ring is 1. The molecule has 0 saturated heterocycles. The maximum absolute atomic E-state index is 5.76. The Labute approximate surface area is 105 Å². The average Bonchev–Trinajstić information content (AvgIpc) is 2.68. The Morgan fingerprint density at radius 1 is 1.22 bits per heavy atom. The number of anilines is 1. The zero-order valence-corrected chi connectivity index (χ0v) is 10.4. The second-order valence-corrected chi connectivity index (χ2v) is 4.41. The summed E-state index contributed by atoms with van der Waals surface area (Å²) in [6.07, 6.45) is 1.91. The molecule has 1 aromatic carbocycles. The van der Waals surface area contributed by atoms with E-state index in [-0.39, 0.29) is 0 Å². The van der Waals surface area contributed by atoms with E-state index in [1.807, 2.05) is 32.3 Å². The van der Waals surface area contributed by atoms with Gasteiger partial charge in [0.2, 0.25) is 0 Å². The molecule has 3 rings (SSSR count). The van der Waals surface area contributed by atoms with E-state index in [1.54, 1.807) is 4.57 Å². The van der Waals surface area contributed by atoms with E-state index in [0.29, 0.717) is 19.2 Å². The minimum atomic E-state index is 0.499.